The molecule has 0 saturated carbocycles. The first kappa shape index (κ1) is 13.6. The Morgan fingerprint density at radius 3 is 2.89 bits per heavy atom. The highest BCUT2D eigenvalue weighted by Gasteiger charge is 2.14. The molecule has 0 bridgehead atoms. The van der Waals surface area contributed by atoms with Gasteiger partial charge in [0.15, 0.2) is 0 Å². The van der Waals surface area contributed by atoms with E-state index in [1.54, 1.807) is 0 Å². The summed E-state index contributed by atoms with van der Waals surface area (Å²) in [4.78, 5) is 6.98. The largest absolute Gasteiger partial charge is 0.334 e. The topological polar surface area (TPSA) is 33.1 Å². The lowest BCUT2D eigenvalue weighted by molar-refractivity contribution is 0.296. The van der Waals surface area contributed by atoms with Crippen LogP contribution in [0.25, 0.3) is 0 Å². The van der Waals surface area contributed by atoms with Crippen LogP contribution in [0.3, 0.4) is 0 Å². The number of nitrogens with zero attached hydrogens (tertiary/aromatic N) is 3. The Labute approximate surface area is 110 Å². The van der Waals surface area contributed by atoms with Gasteiger partial charge in [-0.3, -0.25) is 0 Å². The van der Waals surface area contributed by atoms with Crippen molar-refractivity contribution >= 4 is 0 Å². The molecule has 1 aliphatic heterocycles. The fraction of sp³-hybridized carbons (Fsp3) is 0.786. The predicted molar refractivity (Wildman–Crippen MR) is 74.5 cm³/mol. The van der Waals surface area contributed by atoms with Crippen LogP contribution in [0.4, 0.5) is 0 Å². The second-order valence-corrected chi connectivity index (χ2v) is 5.33. The van der Waals surface area contributed by atoms with Crippen LogP contribution in [-0.4, -0.2) is 40.1 Å². The number of hydrogen-bond donors (Lipinski definition) is 1. The lowest BCUT2D eigenvalue weighted by atomic mass is 10.3. The van der Waals surface area contributed by atoms with Crippen molar-refractivity contribution in [2.45, 2.75) is 52.2 Å². The minimum absolute atomic E-state index is 0.537. The Hall–Kier alpha value is -0.870. The molecular formula is C14H26N4. The van der Waals surface area contributed by atoms with E-state index in [-0.39, 0.29) is 0 Å². The lowest BCUT2D eigenvalue weighted by Crippen LogP contribution is -2.38. The summed E-state index contributed by atoms with van der Waals surface area (Å²) in [7, 11) is 0. The minimum Gasteiger partial charge on any atom is -0.334 e. The molecule has 1 aromatic heterocycles. The molecule has 102 valence electrons. The molecule has 1 unspecified atom stereocenters. The quantitative estimate of drug-likeness (QED) is 0.802. The fourth-order valence-corrected chi connectivity index (χ4v) is 2.63. The summed E-state index contributed by atoms with van der Waals surface area (Å²) in [6.07, 6.45) is 7.87. The lowest BCUT2D eigenvalue weighted by Gasteiger charge is -2.21. The first-order valence-electron chi connectivity index (χ1n) is 7.25. The van der Waals surface area contributed by atoms with Crippen LogP contribution in [0, 0.1) is 0 Å². The predicted octanol–water partition coefficient (Wildman–Crippen LogP) is 1.87. The molecule has 18 heavy (non-hydrogen) atoms. The van der Waals surface area contributed by atoms with E-state index in [9.17, 15) is 0 Å². The number of nitrogens with one attached hydrogen (secondary N) is 1. The molecule has 0 aromatic carbocycles. The van der Waals surface area contributed by atoms with Crippen LogP contribution in [0.15, 0.2) is 12.4 Å². The van der Waals surface area contributed by atoms with Gasteiger partial charge in [0.2, 0.25) is 0 Å². The van der Waals surface area contributed by atoms with E-state index < -0.39 is 0 Å². The van der Waals surface area contributed by atoms with Gasteiger partial charge in [-0.25, -0.2) is 4.98 Å². The number of rotatable bonds is 7. The second kappa shape index (κ2) is 6.90. The SMILES string of the molecule is CCCn1ccnc1CNC(C)CN1CCCC1. The van der Waals surface area contributed by atoms with Gasteiger partial charge in [-0.15, -0.1) is 0 Å². The standard InChI is InChI=1S/C14H26N4/c1-3-7-18-10-6-15-14(18)11-16-13(2)12-17-8-4-5-9-17/h6,10,13,16H,3-5,7-9,11-12H2,1-2H3. The summed E-state index contributed by atoms with van der Waals surface area (Å²) in [5.74, 6) is 1.16. The van der Waals surface area contributed by atoms with Gasteiger partial charge in [0.1, 0.15) is 5.82 Å². The van der Waals surface area contributed by atoms with Crippen LogP contribution in [0.5, 0.6) is 0 Å². The number of hydrogen-bond acceptors (Lipinski definition) is 3. The Morgan fingerprint density at radius 1 is 1.39 bits per heavy atom. The Balaban J connectivity index is 1.74. The van der Waals surface area contributed by atoms with Gasteiger partial charge in [-0.05, 0) is 39.3 Å². The zero-order valence-corrected chi connectivity index (χ0v) is 11.7. The molecule has 0 spiro atoms. The Kier molecular flexibility index (Phi) is 5.20. The van der Waals surface area contributed by atoms with Gasteiger partial charge in [0.05, 0.1) is 6.54 Å². The zero-order valence-electron chi connectivity index (χ0n) is 11.7. The summed E-state index contributed by atoms with van der Waals surface area (Å²) >= 11 is 0. The Morgan fingerprint density at radius 2 is 2.17 bits per heavy atom. The summed E-state index contributed by atoms with van der Waals surface area (Å²) in [6, 6.07) is 0.537. The molecule has 4 nitrogen and oxygen atoms in total. The van der Waals surface area contributed by atoms with Crippen molar-refractivity contribution in [1.29, 1.82) is 0 Å². The summed E-state index contributed by atoms with van der Waals surface area (Å²) in [6.45, 7) is 10.1. The molecule has 2 rings (SSSR count). The second-order valence-electron chi connectivity index (χ2n) is 5.33. The summed E-state index contributed by atoms with van der Waals surface area (Å²) < 4.78 is 2.25. The van der Waals surface area contributed by atoms with Gasteiger partial charge < -0.3 is 14.8 Å². The molecule has 1 aromatic rings. The molecule has 4 heteroatoms. The summed E-state index contributed by atoms with van der Waals surface area (Å²) in [5, 5.41) is 3.59. The van der Waals surface area contributed by atoms with Gasteiger partial charge in [0.25, 0.3) is 0 Å². The fourth-order valence-electron chi connectivity index (χ4n) is 2.63. The van der Waals surface area contributed by atoms with Crippen molar-refractivity contribution in [1.82, 2.24) is 19.8 Å². The van der Waals surface area contributed by atoms with E-state index in [4.69, 9.17) is 0 Å². The first-order valence-corrected chi connectivity index (χ1v) is 7.25. The third kappa shape index (κ3) is 3.82. The summed E-state index contributed by atoms with van der Waals surface area (Å²) in [5.41, 5.74) is 0. The number of imidazole rings is 1. The van der Waals surface area contributed by atoms with E-state index in [2.05, 4.69) is 39.8 Å². The van der Waals surface area contributed by atoms with Gasteiger partial charge in [0, 0.05) is 31.5 Å². The average Bonchev–Trinajstić information content (AvgIpc) is 2.99. The maximum atomic E-state index is 4.43. The highest BCUT2D eigenvalue weighted by atomic mass is 15.2. The van der Waals surface area contributed by atoms with Crippen molar-refractivity contribution < 1.29 is 0 Å². The highest BCUT2D eigenvalue weighted by molar-refractivity contribution is 4.92. The van der Waals surface area contributed by atoms with Gasteiger partial charge in [-0.2, -0.15) is 0 Å². The number of likely N-dealkylation sites (tertiary alicyclic amines) is 1. The molecule has 1 fully saturated rings. The van der Waals surface area contributed by atoms with Crippen LogP contribution in [0.2, 0.25) is 0 Å². The monoisotopic (exact) mass is 250 g/mol. The van der Waals surface area contributed by atoms with Crippen molar-refractivity contribution in [2.75, 3.05) is 19.6 Å². The molecule has 0 amide bonds. The van der Waals surface area contributed by atoms with Crippen LogP contribution >= 0.6 is 0 Å². The Bertz CT molecular complexity index is 341. The molecule has 0 radical (unpaired) electrons. The van der Waals surface area contributed by atoms with Crippen LogP contribution < -0.4 is 5.32 Å². The van der Waals surface area contributed by atoms with Crippen molar-refractivity contribution in [3.8, 4) is 0 Å². The minimum atomic E-state index is 0.537. The maximum absolute atomic E-state index is 4.43. The van der Waals surface area contributed by atoms with E-state index >= 15 is 0 Å². The van der Waals surface area contributed by atoms with Gasteiger partial charge in [-0.1, -0.05) is 6.92 Å². The maximum Gasteiger partial charge on any atom is 0.122 e. The highest BCUT2D eigenvalue weighted by Crippen LogP contribution is 2.07. The third-order valence-electron chi connectivity index (χ3n) is 3.61. The zero-order chi connectivity index (χ0) is 12.8. The molecule has 1 N–H and O–H groups in total. The van der Waals surface area contributed by atoms with Crippen molar-refractivity contribution in [3.05, 3.63) is 18.2 Å². The molecule has 2 heterocycles. The van der Waals surface area contributed by atoms with Gasteiger partial charge >= 0.3 is 0 Å². The molecule has 1 aliphatic rings. The molecular weight excluding hydrogens is 224 g/mol. The van der Waals surface area contributed by atoms with Crippen molar-refractivity contribution in [3.63, 3.8) is 0 Å². The number of aryl methyl sites for hydroxylation is 1. The number of aromatic nitrogens is 2. The molecule has 1 atom stereocenters. The normalized spacial score (nSPS) is 18.3. The molecule has 1 saturated heterocycles. The van der Waals surface area contributed by atoms with E-state index in [0.717, 1.165) is 31.9 Å². The van der Waals surface area contributed by atoms with E-state index in [1.807, 2.05) is 6.20 Å². The average molecular weight is 250 g/mol. The van der Waals surface area contributed by atoms with E-state index in [0.29, 0.717) is 6.04 Å². The van der Waals surface area contributed by atoms with Crippen LogP contribution in [0.1, 0.15) is 38.9 Å². The first-order chi connectivity index (χ1) is 8.79. The smallest absolute Gasteiger partial charge is 0.122 e. The third-order valence-corrected chi connectivity index (χ3v) is 3.61. The van der Waals surface area contributed by atoms with Crippen molar-refractivity contribution in [2.24, 2.45) is 0 Å². The molecule has 0 aliphatic carbocycles. The van der Waals surface area contributed by atoms with Crippen LogP contribution in [-0.2, 0) is 13.1 Å². The van der Waals surface area contributed by atoms with E-state index in [1.165, 1.54) is 25.9 Å².